The van der Waals surface area contributed by atoms with Crippen molar-refractivity contribution in [2.75, 3.05) is 6.54 Å². The second-order valence-corrected chi connectivity index (χ2v) is 3.01. The fourth-order valence-electron chi connectivity index (χ4n) is 0.993. The van der Waals surface area contributed by atoms with E-state index in [0.29, 0.717) is 19.4 Å². The van der Waals surface area contributed by atoms with Crippen molar-refractivity contribution < 1.29 is 18.4 Å². The van der Waals surface area contributed by atoms with Crippen LogP contribution in [0.1, 0.15) is 12.8 Å². The van der Waals surface area contributed by atoms with E-state index in [2.05, 4.69) is 0 Å². The minimum atomic E-state index is -2.40. The number of carbonyl (C=O) groups excluding carboxylic acids is 2. The molecule has 0 aromatic heterocycles. The lowest BCUT2D eigenvalue weighted by molar-refractivity contribution is -0.125. The van der Waals surface area contributed by atoms with Crippen molar-refractivity contribution in [1.82, 2.24) is 9.62 Å². The van der Waals surface area contributed by atoms with E-state index in [1.807, 2.05) is 0 Å². The molecule has 0 aliphatic carbocycles. The van der Waals surface area contributed by atoms with E-state index in [9.17, 15) is 13.8 Å². The molecule has 12 heavy (non-hydrogen) atoms. The number of hydrogen-bond acceptors (Lipinski definition) is 3. The van der Waals surface area contributed by atoms with E-state index in [1.54, 1.807) is 4.72 Å². The van der Waals surface area contributed by atoms with E-state index < -0.39 is 17.3 Å². The van der Waals surface area contributed by atoms with Crippen LogP contribution in [0.15, 0.2) is 0 Å². The molecule has 1 heterocycles. The standard InChI is InChI=1S/C5H8N2O4S/c8-4-2-1-3-7(4)5(9)6-12(10)11/h1-3H2,(H,6,9)(H,10,11). The summed E-state index contributed by atoms with van der Waals surface area (Å²) >= 11 is -2.40. The van der Waals surface area contributed by atoms with Gasteiger partial charge in [-0.2, -0.15) is 0 Å². The second-order valence-electron chi connectivity index (χ2n) is 2.31. The highest BCUT2D eigenvalue weighted by Gasteiger charge is 2.26. The Morgan fingerprint density at radius 2 is 2.33 bits per heavy atom. The minimum absolute atomic E-state index is 0.307. The number of imide groups is 1. The van der Waals surface area contributed by atoms with Gasteiger partial charge in [0.05, 0.1) is 0 Å². The fraction of sp³-hybridized carbons (Fsp3) is 0.600. The molecule has 1 saturated heterocycles. The topological polar surface area (TPSA) is 86.7 Å². The third-order valence-electron chi connectivity index (χ3n) is 1.49. The van der Waals surface area contributed by atoms with Crippen LogP contribution in [0.2, 0.25) is 0 Å². The van der Waals surface area contributed by atoms with E-state index in [1.165, 1.54) is 0 Å². The predicted molar refractivity (Wildman–Crippen MR) is 40.2 cm³/mol. The Morgan fingerprint density at radius 1 is 1.67 bits per heavy atom. The van der Waals surface area contributed by atoms with Crippen LogP contribution in [0.5, 0.6) is 0 Å². The molecule has 0 aromatic carbocycles. The normalized spacial score (nSPS) is 19.4. The number of amides is 3. The van der Waals surface area contributed by atoms with Crippen LogP contribution in [0.25, 0.3) is 0 Å². The maximum Gasteiger partial charge on any atom is 0.337 e. The first kappa shape index (κ1) is 9.14. The number of nitrogens with one attached hydrogen (secondary N) is 1. The molecule has 0 bridgehead atoms. The first-order chi connectivity index (χ1) is 5.61. The van der Waals surface area contributed by atoms with E-state index in [-0.39, 0.29) is 5.91 Å². The van der Waals surface area contributed by atoms with Crippen LogP contribution in [0.3, 0.4) is 0 Å². The molecular formula is C5H8N2O4S. The van der Waals surface area contributed by atoms with Crippen molar-refractivity contribution in [1.29, 1.82) is 0 Å². The molecule has 1 rings (SSSR count). The largest absolute Gasteiger partial charge is 0.337 e. The number of carbonyl (C=O) groups is 2. The SMILES string of the molecule is O=C1CCCN1C(=O)NS(=O)O. The second kappa shape index (κ2) is 3.63. The molecule has 3 amide bonds. The molecule has 1 atom stereocenters. The van der Waals surface area contributed by atoms with Crippen LogP contribution in [0, 0.1) is 0 Å². The Kier molecular flexibility index (Phi) is 2.77. The highest BCUT2D eigenvalue weighted by molar-refractivity contribution is 7.77. The zero-order valence-electron chi connectivity index (χ0n) is 6.15. The van der Waals surface area contributed by atoms with Gasteiger partial charge in [0.25, 0.3) is 11.3 Å². The summed E-state index contributed by atoms with van der Waals surface area (Å²) < 4.78 is 20.1. The minimum Gasteiger partial charge on any atom is -0.289 e. The first-order valence-corrected chi connectivity index (χ1v) is 4.44. The molecule has 2 N–H and O–H groups in total. The summed E-state index contributed by atoms with van der Waals surface area (Å²) in [5, 5.41) is 0. The summed E-state index contributed by atoms with van der Waals surface area (Å²) in [5.41, 5.74) is 0. The molecule has 0 saturated carbocycles. The van der Waals surface area contributed by atoms with Crippen molar-refractivity contribution in [3.05, 3.63) is 0 Å². The van der Waals surface area contributed by atoms with E-state index >= 15 is 0 Å². The number of hydrogen-bond donors (Lipinski definition) is 2. The number of nitrogens with zero attached hydrogens (tertiary/aromatic N) is 1. The van der Waals surface area contributed by atoms with E-state index in [0.717, 1.165) is 4.90 Å². The summed E-state index contributed by atoms with van der Waals surface area (Å²) in [6.45, 7) is 0.321. The van der Waals surface area contributed by atoms with Gasteiger partial charge in [-0.1, -0.05) is 0 Å². The van der Waals surface area contributed by atoms with Crippen LogP contribution >= 0.6 is 0 Å². The average Bonchev–Trinajstić information content (AvgIpc) is 2.33. The lowest BCUT2D eigenvalue weighted by Gasteiger charge is -2.11. The average molecular weight is 192 g/mol. The van der Waals surface area contributed by atoms with Gasteiger partial charge in [0, 0.05) is 13.0 Å². The van der Waals surface area contributed by atoms with Gasteiger partial charge < -0.3 is 0 Å². The summed E-state index contributed by atoms with van der Waals surface area (Å²) in [4.78, 5) is 22.7. The zero-order valence-corrected chi connectivity index (χ0v) is 6.97. The first-order valence-electron chi connectivity index (χ1n) is 3.33. The molecule has 1 fully saturated rings. The van der Waals surface area contributed by atoms with Crippen molar-refractivity contribution in [3.63, 3.8) is 0 Å². The van der Waals surface area contributed by atoms with Crippen LogP contribution in [-0.4, -0.2) is 32.1 Å². The van der Waals surface area contributed by atoms with Gasteiger partial charge in [0.2, 0.25) is 5.91 Å². The Bertz CT molecular complexity index is 242. The third-order valence-corrected chi connectivity index (χ3v) is 1.84. The molecule has 1 aliphatic heterocycles. The maximum atomic E-state index is 10.9. The number of urea groups is 1. The van der Waals surface area contributed by atoms with Gasteiger partial charge in [-0.3, -0.25) is 14.2 Å². The van der Waals surface area contributed by atoms with Gasteiger partial charge in [0.15, 0.2) is 0 Å². The molecule has 0 spiro atoms. The van der Waals surface area contributed by atoms with Crippen LogP contribution < -0.4 is 4.72 Å². The van der Waals surface area contributed by atoms with Crippen molar-refractivity contribution >= 4 is 23.2 Å². The molecule has 0 aromatic rings. The molecular weight excluding hydrogens is 184 g/mol. The summed E-state index contributed by atoms with van der Waals surface area (Å²) in [7, 11) is 0. The quantitative estimate of drug-likeness (QED) is 0.546. The van der Waals surface area contributed by atoms with Gasteiger partial charge in [-0.25, -0.2) is 13.7 Å². The Morgan fingerprint density at radius 3 is 2.75 bits per heavy atom. The molecule has 1 unspecified atom stereocenters. The highest BCUT2D eigenvalue weighted by atomic mass is 32.2. The van der Waals surface area contributed by atoms with Crippen molar-refractivity contribution in [2.45, 2.75) is 12.8 Å². The van der Waals surface area contributed by atoms with Gasteiger partial charge in [0.1, 0.15) is 0 Å². The van der Waals surface area contributed by atoms with Crippen LogP contribution in [0.4, 0.5) is 4.79 Å². The Balaban J connectivity index is 2.52. The summed E-state index contributed by atoms with van der Waals surface area (Å²) in [6, 6.07) is -0.807. The zero-order chi connectivity index (χ0) is 9.14. The fourth-order valence-corrected chi connectivity index (χ4v) is 1.25. The Labute approximate surface area is 71.3 Å². The van der Waals surface area contributed by atoms with Crippen molar-refractivity contribution in [3.8, 4) is 0 Å². The molecule has 6 nitrogen and oxygen atoms in total. The predicted octanol–water partition coefficient (Wildman–Crippen LogP) is -0.545. The number of rotatable bonds is 1. The lowest BCUT2D eigenvalue weighted by atomic mass is 10.4. The van der Waals surface area contributed by atoms with Crippen LogP contribution in [-0.2, 0) is 16.1 Å². The third kappa shape index (κ3) is 2.02. The smallest absolute Gasteiger partial charge is 0.289 e. The van der Waals surface area contributed by atoms with Gasteiger partial charge in [-0.15, -0.1) is 0 Å². The summed E-state index contributed by atoms with van der Waals surface area (Å²) in [6.07, 6.45) is 0.940. The monoisotopic (exact) mass is 192 g/mol. The lowest BCUT2D eigenvalue weighted by Crippen LogP contribution is -2.41. The van der Waals surface area contributed by atoms with Gasteiger partial charge in [-0.05, 0) is 6.42 Å². The Hall–Kier alpha value is -0.950. The number of likely N-dealkylation sites (tertiary alicyclic amines) is 1. The molecule has 1 aliphatic rings. The maximum absolute atomic E-state index is 10.9. The highest BCUT2D eigenvalue weighted by Crippen LogP contribution is 2.08. The van der Waals surface area contributed by atoms with Crippen molar-refractivity contribution in [2.24, 2.45) is 0 Å². The van der Waals surface area contributed by atoms with Gasteiger partial charge >= 0.3 is 6.03 Å². The van der Waals surface area contributed by atoms with E-state index in [4.69, 9.17) is 4.55 Å². The molecule has 68 valence electrons. The summed E-state index contributed by atoms with van der Waals surface area (Å²) in [5.74, 6) is -0.307. The molecule has 0 radical (unpaired) electrons. The molecule has 7 heteroatoms.